The largest absolute Gasteiger partial charge is 0.483 e. The van der Waals surface area contributed by atoms with E-state index >= 15 is 0 Å². The second-order valence-electron chi connectivity index (χ2n) is 5.37. The zero-order chi connectivity index (χ0) is 15.8. The Morgan fingerprint density at radius 1 is 1.36 bits per heavy atom. The van der Waals surface area contributed by atoms with Gasteiger partial charge in [-0.2, -0.15) is 0 Å². The summed E-state index contributed by atoms with van der Waals surface area (Å²) in [6, 6.07) is 4.42. The Morgan fingerprint density at radius 2 is 2.18 bits per heavy atom. The number of imidazole rings is 1. The Kier molecular flexibility index (Phi) is 6.09. The molecule has 2 heterocycles. The standard InChI is InChI=1S/C15H19N3O.CH2O2/c19-11-12-3-1-5-14(9-12)18-8-7-17-15(18)13-4-2-6-16-10-13;2-1-3/h2,4,6-8,10,12,14,19H,1,3,5,9,11H2;1H,(H,2,3)/t12-,14+;/m0./s1. The highest BCUT2D eigenvalue weighted by Crippen LogP contribution is 2.34. The molecule has 0 aromatic carbocycles. The zero-order valence-corrected chi connectivity index (χ0v) is 12.4. The summed E-state index contributed by atoms with van der Waals surface area (Å²) in [5.41, 5.74) is 1.05. The summed E-state index contributed by atoms with van der Waals surface area (Å²) in [7, 11) is 0. The second-order valence-corrected chi connectivity index (χ2v) is 5.37. The van der Waals surface area contributed by atoms with E-state index in [1.54, 1.807) is 6.20 Å². The highest BCUT2D eigenvalue weighted by molar-refractivity contribution is 5.53. The van der Waals surface area contributed by atoms with Gasteiger partial charge >= 0.3 is 0 Å². The Morgan fingerprint density at radius 3 is 2.86 bits per heavy atom. The maximum atomic E-state index is 9.36. The highest BCUT2D eigenvalue weighted by Gasteiger charge is 2.24. The van der Waals surface area contributed by atoms with Crippen LogP contribution in [0.15, 0.2) is 36.9 Å². The summed E-state index contributed by atoms with van der Waals surface area (Å²) in [6.45, 7) is 0.0490. The molecule has 0 radical (unpaired) electrons. The first kappa shape index (κ1) is 16.2. The number of aliphatic hydroxyl groups is 1. The third-order valence-electron chi connectivity index (χ3n) is 4.00. The molecular weight excluding hydrogens is 282 g/mol. The van der Waals surface area contributed by atoms with E-state index in [1.807, 2.05) is 30.7 Å². The number of aliphatic hydroxyl groups excluding tert-OH is 1. The zero-order valence-electron chi connectivity index (χ0n) is 12.4. The molecule has 1 aliphatic rings. The molecular formula is C16H21N3O3. The van der Waals surface area contributed by atoms with Crippen molar-refractivity contribution in [3.8, 4) is 11.4 Å². The van der Waals surface area contributed by atoms with Crippen molar-refractivity contribution in [2.45, 2.75) is 31.7 Å². The van der Waals surface area contributed by atoms with E-state index < -0.39 is 0 Å². The van der Waals surface area contributed by atoms with Crippen molar-refractivity contribution < 1.29 is 15.0 Å². The van der Waals surface area contributed by atoms with Gasteiger partial charge in [0.1, 0.15) is 5.82 Å². The topological polar surface area (TPSA) is 88.2 Å². The van der Waals surface area contributed by atoms with Crippen molar-refractivity contribution in [1.82, 2.24) is 14.5 Å². The summed E-state index contributed by atoms with van der Waals surface area (Å²) in [5, 5.41) is 16.2. The maximum Gasteiger partial charge on any atom is 0.290 e. The molecule has 1 fully saturated rings. The van der Waals surface area contributed by atoms with Gasteiger partial charge in [0, 0.05) is 43.0 Å². The number of aromatic nitrogens is 3. The first-order chi connectivity index (χ1) is 10.8. The SMILES string of the molecule is O=CO.OC[C@H]1CCC[C@@H](n2ccnc2-c2cccnc2)C1. The van der Waals surface area contributed by atoms with Crippen LogP contribution in [-0.2, 0) is 4.79 Å². The molecule has 118 valence electrons. The lowest BCUT2D eigenvalue weighted by atomic mass is 9.86. The number of nitrogens with zero attached hydrogens (tertiary/aromatic N) is 3. The van der Waals surface area contributed by atoms with Crippen molar-refractivity contribution in [1.29, 1.82) is 0 Å². The van der Waals surface area contributed by atoms with Crippen molar-refractivity contribution in [3.05, 3.63) is 36.9 Å². The van der Waals surface area contributed by atoms with Crippen molar-refractivity contribution in [3.63, 3.8) is 0 Å². The van der Waals surface area contributed by atoms with Gasteiger partial charge in [-0.15, -0.1) is 0 Å². The van der Waals surface area contributed by atoms with E-state index in [4.69, 9.17) is 9.90 Å². The van der Waals surface area contributed by atoms with Crippen LogP contribution in [0.5, 0.6) is 0 Å². The molecule has 2 aromatic heterocycles. The molecule has 0 unspecified atom stereocenters. The number of carboxylic acid groups (broad SMARTS) is 1. The number of hydrogen-bond donors (Lipinski definition) is 2. The van der Waals surface area contributed by atoms with Gasteiger partial charge in [-0.1, -0.05) is 6.42 Å². The van der Waals surface area contributed by atoms with Crippen LogP contribution < -0.4 is 0 Å². The van der Waals surface area contributed by atoms with Crippen LogP contribution in [0.25, 0.3) is 11.4 Å². The van der Waals surface area contributed by atoms with Crippen LogP contribution in [0, 0.1) is 5.92 Å². The predicted octanol–water partition coefficient (Wildman–Crippen LogP) is 2.37. The summed E-state index contributed by atoms with van der Waals surface area (Å²) < 4.78 is 2.25. The van der Waals surface area contributed by atoms with Crippen LogP contribution in [0.1, 0.15) is 31.7 Å². The van der Waals surface area contributed by atoms with E-state index in [9.17, 15) is 5.11 Å². The normalized spacial score (nSPS) is 20.8. The van der Waals surface area contributed by atoms with Crippen LogP contribution in [0.4, 0.5) is 0 Å². The number of rotatable bonds is 3. The molecule has 3 rings (SSSR count). The van der Waals surface area contributed by atoms with Gasteiger partial charge in [0.25, 0.3) is 6.47 Å². The molecule has 0 spiro atoms. The smallest absolute Gasteiger partial charge is 0.290 e. The lowest BCUT2D eigenvalue weighted by Crippen LogP contribution is -2.21. The van der Waals surface area contributed by atoms with Crippen LogP contribution >= 0.6 is 0 Å². The summed E-state index contributed by atoms with van der Waals surface area (Å²) >= 11 is 0. The number of carbonyl (C=O) groups is 1. The van der Waals surface area contributed by atoms with Crippen molar-refractivity contribution in [2.24, 2.45) is 5.92 Å². The number of hydrogen-bond acceptors (Lipinski definition) is 4. The molecule has 22 heavy (non-hydrogen) atoms. The molecule has 6 heteroatoms. The van der Waals surface area contributed by atoms with Crippen LogP contribution in [-0.4, -0.2) is 37.8 Å². The van der Waals surface area contributed by atoms with Gasteiger partial charge in [0.15, 0.2) is 0 Å². The van der Waals surface area contributed by atoms with Gasteiger partial charge < -0.3 is 14.8 Å². The molecule has 0 bridgehead atoms. The first-order valence-corrected chi connectivity index (χ1v) is 7.42. The third-order valence-corrected chi connectivity index (χ3v) is 4.00. The monoisotopic (exact) mass is 303 g/mol. The molecule has 1 aliphatic carbocycles. The fraction of sp³-hybridized carbons (Fsp3) is 0.438. The second kappa shape index (κ2) is 8.29. The quantitative estimate of drug-likeness (QED) is 0.850. The predicted molar refractivity (Wildman–Crippen MR) is 82.2 cm³/mol. The summed E-state index contributed by atoms with van der Waals surface area (Å²) in [6.07, 6.45) is 12.1. The Bertz CT molecular complexity index is 571. The van der Waals surface area contributed by atoms with E-state index in [0.29, 0.717) is 18.6 Å². The fourth-order valence-electron chi connectivity index (χ4n) is 3.01. The van der Waals surface area contributed by atoms with Crippen molar-refractivity contribution in [2.75, 3.05) is 6.61 Å². The van der Waals surface area contributed by atoms with E-state index in [2.05, 4.69) is 14.5 Å². The average molecular weight is 303 g/mol. The molecule has 6 nitrogen and oxygen atoms in total. The van der Waals surface area contributed by atoms with Crippen LogP contribution in [0.3, 0.4) is 0 Å². The fourth-order valence-corrected chi connectivity index (χ4v) is 3.01. The third kappa shape index (κ3) is 3.92. The molecule has 2 atom stereocenters. The lowest BCUT2D eigenvalue weighted by Gasteiger charge is -2.29. The molecule has 0 saturated heterocycles. The number of pyridine rings is 1. The lowest BCUT2D eigenvalue weighted by molar-refractivity contribution is -0.122. The Hall–Kier alpha value is -2.21. The van der Waals surface area contributed by atoms with E-state index in [-0.39, 0.29) is 6.47 Å². The minimum atomic E-state index is -0.250. The molecule has 0 aliphatic heterocycles. The molecule has 2 aromatic rings. The average Bonchev–Trinajstić information content (AvgIpc) is 3.06. The molecule has 2 N–H and O–H groups in total. The van der Waals surface area contributed by atoms with E-state index in [1.165, 1.54) is 12.8 Å². The highest BCUT2D eigenvalue weighted by atomic mass is 16.3. The molecule has 1 saturated carbocycles. The van der Waals surface area contributed by atoms with Crippen LogP contribution in [0.2, 0.25) is 0 Å². The summed E-state index contributed by atoms with van der Waals surface area (Å²) in [4.78, 5) is 17.0. The van der Waals surface area contributed by atoms with Gasteiger partial charge in [-0.05, 0) is 37.3 Å². The van der Waals surface area contributed by atoms with Gasteiger partial charge in [-0.3, -0.25) is 9.78 Å². The first-order valence-electron chi connectivity index (χ1n) is 7.42. The maximum absolute atomic E-state index is 9.36. The molecule has 0 amide bonds. The van der Waals surface area contributed by atoms with E-state index in [0.717, 1.165) is 24.2 Å². The minimum absolute atomic E-state index is 0.250. The Labute approximate surface area is 129 Å². The van der Waals surface area contributed by atoms with Gasteiger partial charge in [0.05, 0.1) is 0 Å². The van der Waals surface area contributed by atoms with Gasteiger partial charge in [-0.25, -0.2) is 4.98 Å². The summed E-state index contributed by atoms with van der Waals surface area (Å²) in [5.74, 6) is 1.42. The minimum Gasteiger partial charge on any atom is -0.483 e. The van der Waals surface area contributed by atoms with Gasteiger partial charge in [0.2, 0.25) is 0 Å². The Balaban J connectivity index is 0.000000545. The van der Waals surface area contributed by atoms with Crippen molar-refractivity contribution >= 4 is 6.47 Å².